The molecule has 0 fully saturated rings. The van der Waals surface area contributed by atoms with Crippen LogP contribution in [0.1, 0.15) is 13.8 Å². The van der Waals surface area contributed by atoms with Crippen molar-refractivity contribution < 1.29 is 4.74 Å². The Morgan fingerprint density at radius 2 is 2.25 bits per heavy atom. The van der Waals surface area contributed by atoms with E-state index in [4.69, 9.17) is 10.5 Å². The van der Waals surface area contributed by atoms with Crippen LogP contribution in [-0.4, -0.2) is 20.9 Å². The molecule has 0 aliphatic rings. The van der Waals surface area contributed by atoms with Gasteiger partial charge in [0, 0.05) is 6.20 Å². The minimum absolute atomic E-state index is 0.0934. The number of hydrogen-bond acceptors (Lipinski definition) is 4. The number of anilines is 1. The van der Waals surface area contributed by atoms with E-state index in [1.807, 2.05) is 26.0 Å². The Morgan fingerprint density at radius 3 is 2.88 bits per heavy atom. The fourth-order valence-electron chi connectivity index (χ4n) is 1.35. The lowest BCUT2D eigenvalue weighted by atomic mass is 10.4. The van der Waals surface area contributed by atoms with E-state index in [1.54, 1.807) is 23.3 Å². The van der Waals surface area contributed by atoms with Gasteiger partial charge in [-0.2, -0.15) is 5.10 Å². The van der Waals surface area contributed by atoms with Crippen LogP contribution in [0, 0.1) is 0 Å². The summed E-state index contributed by atoms with van der Waals surface area (Å²) in [5.74, 6) is 1.34. The predicted molar refractivity (Wildman–Crippen MR) is 61.5 cm³/mol. The first-order valence-electron chi connectivity index (χ1n) is 5.09. The lowest BCUT2D eigenvalue weighted by molar-refractivity contribution is 0.240. The molecule has 0 saturated heterocycles. The highest BCUT2D eigenvalue weighted by atomic mass is 16.5. The van der Waals surface area contributed by atoms with E-state index < -0.39 is 0 Å². The van der Waals surface area contributed by atoms with Gasteiger partial charge in [-0.05, 0) is 26.0 Å². The summed E-state index contributed by atoms with van der Waals surface area (Å²) in [6.45, 7) is 3.93. The Kier molecular flexibility index (Phi) is 2.76. The summed E-state index contributed by atoms with van der Waals surface area (Å²) >= 11 is 0. The number of nitrogen functional groups attached to an aromatic ring is 1. The highest BCUT2D eigenvalue weighted by Crippen LogP contribution is 2.21. The quantitative estimate of drug-likeness (QED) is 0.850. The Bertz CT molecular complexity index is 478. The summed E-state index contributed by atoms with van der Waals surface area (Å²) < 4.78 is 7.25. The third kappa shape index (κ3) is 2.13. The normalized spacial score (nSPS) is 10.7. The third-order valence-electron chi connectivity index (χ3n) is 1.93. The molecule has 0 unspecified atom stereocenters. The average Bonchev–Trinajstić information content (AvgIpc) is 2.65. The molecular weight excluding hydrogens is 204 g/mol. The van der Waals surface area contributed by atoms with Crippen molar-refractivity contribution >= 4 is 5.69 Å². The van der Waals surface area contributed by atoms with Crippen molar-refractivity contribution in [1.82, 2.24) is 14.8 Å². The number of aromatic nitrogens is 3. The molecule has 0 aliphatic carbocycles. The van der Waals surface area contributed by atoms with Crippen LogP contribution in [0.15, 0.2) is 30.7 Å². The zero-order chi connectivity index (χ0) is 11.5. The first-order valence-corrected chi connectivity index (χ1v) is 5.09. The predicted octanol–water partition coefficient (Wildman–Crippen LogP) is 1.64. The second-order valence-electron chi connectivity index (χ2n) is 3.71. The van der Waals surface area contributed by atoms with Gasteiger partial charge in [0.25, 0.3) is 0 Å². The maximum atomic E-state index is 5.64. The van der Waals surface area contributed by atoms with E-state index >= 15 is 0 Å². The molecule has 2 aromatic heterocycles. The van der Waals surface area contributed by atoms with Gasteiger partial charge in [0.1, 0.15) is 0 Å². The van der Waals surface area contributed by atoms with Crippen LogP contribution in [-0.2, 0) is 0 Å². The van der Waals surface area contributed by atoms with E-state index in [1.165, 1.54) is 0 Å². The van der Waals surface area contributed by atoms with Gasteiger partial charge in [-0.1, -0.05) is 0 Å². The number of nitrogens with two attached hydrogens (primary N) is 1. The lowest BCUT2D eigenvalue weighted by Crippen LogP contribution is -2.09. The molecular formula is C11H14N4O. The number of ether oxygens (including phenoxy) is 1. The van der Waals surface area contributed by atoms with Gasteiger partial charge >= 0.3 is 0 Å². The molecule has 0 aliphatic heterocycles. The second-order valence-corrected chi connectivity index (χ2v) is 3.71. The fraction of sp³-hybridized carbons (Fsp3) is 0.273. The maximum Gasteiger partial charge on any atom is 0.196 e. The second kappa shape index (κ2) is 4.22. The van der Waals surface area contributed by atoms with Gasteiger partial charge in [-0.15, -0.1) is 0 Å². The summed E-state index contributed by atoms with van der Waals surface area (Å²) in [6.07, 6.45) is 5.07. The molecule has 2 rings (SSSR count). The zero-order valence-corrected chi connectivity index (χ0v) is 9.29. The molecule has 2 heterocycles. The summed E-state index contributed by atoms with van der Waals surface area (Å²) in [4.78, 5) is 4.24. The summed E-state index contributed by atoms with van der Waals surface area (Å²) in [7, 11) is 0. The Labute approximate surface area is 93.9 Å². The number of rotatable bonds is 3. The van der Waals surface area contributed by atoms with Crippen LogP contribution < -0.4 is 10.5 Å². The molecule has 5 nitrogen and oxygen atoms in total. The van der Waals surface area contributed by atoms with E-state index in [-0.39, 0.29) is 6.10 Å². The van der Waals surface area contributed by atoms with E-state index in [2.05, 4.69) is 10.1 Å². The van der Waals surface area contributed by atoms with Gasteiger partial charge < -0.3 is 10.5 Å². The molecule has 2 N–H and O–H groups in total. The fourth-order valence-corrected chi connectivity index (χ4v) is 1.35. The SMILES string of the molecule is CC(C)Oc1cccnc1-n1cc(N)cn1. The first kappa shape index (κ1) is 10.5. The van der Waals surface area contributed by atoms with Crippen LogP contribution in [0.3, 0.4) is 0 Å². The van der Waals surface area contributed by atoms with E-state index in [0.29, 0.717) is 17.3 Å². The molecule has 0 atom stereocenters. The van der Waals surface area contributed by atoms with Crippen molar-refractivity contribution in [1.29, 1.82) is 0 Å². The van der Waals surface area contributed by atoms with Crippen LogP contribution in [0.25, 0.3) is 5.82 Å². The van der Waals surface area contributed by atoms with E-state index in [9.17, 15) is 0 Å². The minimum atomic E-state index is 0.0934. The third-order valence-corrected chi connectivity index (χ3v) is 1.93. The maximum absolute atomic E-state index is 5.64. The van der Waals surface area contributed by atoms with Crippen LogP contribution in [0.5, 0.6) is 5.75 Å². The topological polar surface area (TPSA) is 66.0 Å². The summed E-state index contributed by atoms with van der Waals surface area (Å²) in [5.41, 5.74) is 6.21. The monoisotopic (exact) mass is 218 g/mol. The van der Waals surface area contributed by atoms with Crippen molar-refractivity contribution in [3.05, 3.63) is 30.7 Å². The largest absolute Gasteiger partial charge is 0.487 e. The highest BCUT2D eigenvalue weighted by molar-refractivity contribution is 5.42. The molecule has 0 aromatic carbocycles. The number of nitrogens with zero attached hydrogens (tertiary/aromatic N) is 3. The van der Waals surface area contributed by atoms with Crippen molar-refractivity contribution in [2.45, 2.75) is 20.0 Å². The Balaban J connectivity index is 2.40. The van der Waals surface area contributed by atoms with E-state index in [0.717, 1.165) is 0 Å². The van der Waals surface area contributed by atoms with Gasteiger partial charge in [-0.25, -0.2) is 9.67 Å². The van der Waals surface area contributed by atoms with Crippen LogP contribution in [0.4, 0.5) is 5.69 Å². The summed E-state index contributed by atoms with van der Waals surface area (Å²) in [5, 5.41) is 4.10. The molecule has 0 radical (unpaired) electrons. The zero-order valence-electron chi connectivity index (χ0n) is 9.29. The van der Waals surface area contributed by atoms with Crippen molar-refractivity contribution in [2.24, 2.45) is 0 Å². The lowest BCUT2D eigenvalue weighted by Gasteiger charge is -2.12. The molecule has 5 heteroatoms. The molecule has 0 saturated carbocycles. The smallest absolute Gasteiger partial charge is 0.196 e. The minimum Gasteiger partial charge on any atom is -0.487 e. The van der Waals surface area contributed by atoms with Gasteiger partial charge in [0.2, 0.25) is 0 Å². The first-order chi connectivity index (χ1) is 7.66. The standard InChI is InChI=1S/C11H14N4O/c1-8(2)16-10-4-3-5-13-11(10)15-7-9(12)6-14-15/h3-8H,12H2,1-2H3. The Hall–Kier alpha value is -2.04. The summed E-state index contributed by atoms with van der Waals surface area (Å²) in [6, 6.07) is 3.69. The van der Waals surface area contributed by atoms with Crippen molar-refractivity contribution in [3.63, 3.8) is 0 Å². The molecule has 0 amide bonds. The molecule has 2 aromatic rings. The molecule has 0 bridgehead atoms. The van der Waals surface area contributed by atoms with Crippen molar-refractivity contribution in [2.75, 3.05) is 5.73 Å². The number of hydrogen-bond donors (Lipinski definition) is 1. The molecule has 0 spiro atoms. The van der Waals surface area contributed by atoms with Crippen molar-refractivity contribution in [3.8, 4) is 11.6 Å². The number of pyridine rings is 1. The molecule has 84 valence electrons. The van der Waals surface area contributed by atoms with Gasteiger partial charge in [0.05, 0.1) is 24.2 Å². The molecule has 16 heavy (non-hydrogen) atoms. The van der Waals surface area contributed by atoms with Crippen LogP contribution in [0.2, 0.25) is 0 Å². The Morgan fingerprint density at radius 1 is 1.44 bits per heavy atom. The highest BCUT2D eigenvalue weighted by Gasteiger charge is 2.09. The van der Waals surface area contributed by atoms with Crippen LogP contribution >= 0.6 is 0 Å². The van der Waals surface area contributed by atoms with Gasteiger partial charge in [0.15, 0.2) is 11.6 Å². The average molecular weight is 218 g/mol. The van der Waals surface area contributed by atoms with Gasteiger partial charge in [-0.3, -0.25) is 0 Å².